The predicted molar refractivity (Wildman–Crippen MR) is 46.9 cm³/mol. The van der Waals surface area contributed by atoms with Crippen LogP contribution in [0.25, 0.3) is 0 Å². The Kier molecular flexibility index (Phi) is 3.84. The van der Waals surface area contributed by atoms with Crippen molar-refractivity contribution in [2.75, 3.05) is 13.7 Å². The van der Waals surface area contributed by atoms with Crippen LogP contribution in [-0.4, -0.2) is 19.8 Å². The molecule has 0 aliphatic carbocycles. The second-order valence-corrected chi connectivity index (χ2v) is 2.82. The standard InChI is InChI=1S/C9H15NO2/c1-8(7-11-2)10-6-9-4-3-5-12-9/h3-5,8,10H,6-7H2,1-2H3. The minimum Gasteiger partial charge on any atom is -0.468 e. The second kappa shape index (κ2) is 4.95. The average Bonchev–Trinajstić information content (AvgIpc) is 2.53. The highest BCUT2D eigenvalue weighted by atomic mass is 16.5. The van der Waals surface area contributed by atoms with Crippen molar-refractivity contribution in [2.24, 2.45) is 0 Å². The Labute approximate surface area is 72.7 Å². The van der Waals surface area contributed by atoms with Gasteiger partial charge in [-0.3, -0.25) is 0 Å². The summed E-state index contributed by atoms with van der Waals surface area (Å²) in [5.41, 5.74) is 0. The Morgan fingerprint density at radius 3 is 3.08 bits per heavy atom. The van der Waals surface area contributed by atoms with Crippen LogP contribution in [0.2, 0.25) is 0 Å². The molecule has 1 aromatic rings. The van der Waals surface area contributed by atoms with Crippen molar-refractivity contribution in [3.63, 3.8) is 0 Å². The van der Waals surface area contributed by atoms with Gasteiger partial charge in [0.1, 0.15) is 5.76 Å². The van der Waals surface area contributed by atoms with Gasteiger partial charge in [0.25, 0.3) is 0 Å². The van der Waals surface area contributed by atoms with Crippen molar-refractivity contribution < 1.29 is 9.15 Å². The molecule has 1 atom stereocenters. The van der Waals surface area contributed by atoms with E-state index < -0.39 is 0 Å². The molecule has 12 heavy (non-hydrogen) atoms. The van der Waals surface area contributed by atoms with Gasteiger partial charge in [-0.25, -0.2) is 0 Å². The van der Waals surface area contributed by atoms with Crippen molar-refractivity contribution in [3.05, 3.63) is 24.2 Å². The predicted octanol–water partition coefficient (Wildman–Crippen LogP) is 1.40. The van der Waals surface area contributed by atoms with Crippen LogP contribution in [0.5, 0.6) is 0 Å². The number of ether oxygens (including phenoxy) is 1. The minimum atomic E-state index is 0.361. The number of hydrogen-bond acceptors (Lipinski definition) is 3. The molecule has 1 aromatic heterocycles. The fourth-order valence-corrected chi connectivity index (χ4v) is 0.997. The highest BCUT2D eigenvalue weighted by molar-refractivity contribution is 4.97. The lowest BCUT2D eigenvalue weighted by atomic mass is 10.3. The van der Waals surface area contributed by atoms with E-state index >= 15 is 0 Å². The SMILES string of the molecule is COCC(C)NCc1ccco1. The molecule has 0 bridgehead atoms. The van der Waals surface area contributed by atoms with E-state index in [0.29, 0.717) is 6.04 Å². The lowest BCUT2D eigenvalue weighted by Crippen LogP contribution is -2.29. The first kappa shape index (κ1) is 9.29. The van der Waals surface area contributed by atoms with E-state index in [-0.39, 0.29) is 0 Å². The number of nitrogens with one attached hydrogen (secondary N) is 1. The van der Waals surface area contributed by atoms with Crippen LogP contribution in [0.15, 0.2) is 22.8 Å². The van der Waals surface area contributed by atoms with E-state index in [1.165, 1.54) is 0 Å². The quantitative estimate of drug-likeness (QED) is 0.723. The van der Waals surface area contributed by atoms with Gasteiger partial charge >= 0.3 is 0 Å². The zero-order valence-electron chi connectivity index (χ0n) is 7.54. The van der Waals surface area contributed by atoms with Gasteiger partial charge in [-0.05, 0) is 19.1 Å². The van der Waals surface area contributed by atoms with Crippen LogP contribution in [0, 0.1) is 0 Å². The van der Waals surface area contributed by atoms with Gasteiger partial charge in [-0.15, -0.1) is 0 Å². The van der Waals surface area contributed by atoms with Gasteiger partial charge in [0.2, 0.25) is 0 Å². The summed E-state index contributed by atoms with van der Waals surface area (Å²) in [5.74, 6) is 0.956. The van der Waals surface area contributed by atoms with E-state index in [0.717, 1.165) is 18.9 Å². The maximum Gasteiger partial charge on any atom is 0.117 e. The number of hydrogen-bond donors (Lipinski definition) is 1. The summed E-state index contributed by atoms with van der Waals surface area (Å²) >= 11 is 0. The monoisotopic (exact) mass is 169 g/mol. The van der Waals surface area contributed by atoms with Gasteiger partial charge < -0.3 is 14.5 Å². The zero-order chi connectivity index (χ0) is 8.81. The maximum absolute atomic E-state index is 5.16. The van der Waals surface area contributed by atoms with Crippen LogP contribution in [0.1, 0.15) is 12.7 Å². The number of furan rings is 1. The van der Waals surface area contributed by atoms with Crippen molar-refractivity contribution in [3.8, 4) is 0 Å². The van der Waals surface area contributed by atoms with E-state index in [1.807, 2.05) is 12.1 Å². The lowest BCUT2D eigenvalue weighted by molar-refractivity contribution is 0.170. The van der Waals surface area contributed by atoms with Crippen LogP contribution in [0.3, 0.4) is 0 Å². The molecule has 1 rings (SSSR count). The Balaban J connectivity index is 2.17. The topological polar surface area (TPSA) is 34.4 Å². The van der Waals surface area contributed by atoms with Crippen LogP contribution in [0.4, 0.5) is 0 Å². The highest BCUT2D eigenvalue weighted by Crippen LogP contribution is 1.99. The third kappa shape index (κ3) is 3.07. The third-order valence-corrected chi connectivity index (χ3v) is 1.62. The van der Waals surface area contributed by atoms with Crippen LogP contribution in [-0.2, 0) is 11.3 Å². The van der Waals surface area contributed by atoms with Gasteiger partial charge in [0, 0.05) is 13.2 Å². The van der Waals surface area contributed by atoms with Gasteiger partial charge in [-0.1, -0.05) is 0 Å². The first-order chi connectivity index (χ1) is 5.83. The summed E-state index contributed by atoms with van der Waals surface area (Å²) in [4.78, 5) is 0. The van der Waals surface area contributed by atoms with Crippen molar-refractivity contribution >= 4 is 0 Å². The summed E-state index contributed by atoms with van der Waals surface area (Å²) in [6.07, 6.45) is 1.68. The molecular formula is C9H15NO2. The summed E-state index contributed by atoms with van der Waals surface area (Å²) in [6, 6.07) is 4.20. The molecular weight excluding hydrogens is 154 g/mol. The van der Waals surface area contributed by atoms with Crippen molar-refractivity contribution in [2.45, 2.75) is 19.5 Å². The van der Waals surface area contributed by atoms with Gasteiger partial charge in [-0.2, -0.15) is 0 Å². The molecule has 0 aliphatic rings. The molecule has 0 amide bonds. The Hall–Kier alpha value is -0.800. The largest absolute Gasteiger partial charge is 0.468 e. The van der Waals surface area contributed by atoms with E-state index in [1.54, 1.807) is 13.4 Å². The fourth-order valence-electron chi connectivity index (χ4n) is 0.997. The van der Waals surface area contributed by atoms with Gasteiger partial charge in [0.15, 0.2) is 0 Å². The maximum atomic E-state index is 5.16. The van der Waals surface area contributed by atoms with Crippen molar-refractivity contribution in [1.29, 1.82) is 0 Å². The average molecular weight is 169 g/mol. The smallest absolute Gasteiger partial charge is 0.117 e. The highest BCUT2D eigenvalue weighted by Gasteiger charge is 2.00. The summed E-state index contributed by atoms with van der Waals surface area (Å²) in [6.45, 7) is 3.56. The molecule has 0 spiro atoms. The first-order valence-corrected chi connectivity index (χ1v) is 4.07. The third-order valence-electron chi connectivity index (χ3n) is 1.62. The molecule has 1 heterocycles. The molecule has 68 valence electrons. The molecule has 1 N–H and O–H groups in total. The first-order valence-electron chi connectivity index (χ1n) is 4.07. The summed E-state index contributed by atoms with van der Waals surface area (Å²) < 4.78 is 10.1. The van der Waals surface area contributed by atoms with Crippen LogP contribution >= 0.6 is 0 Å². The zero-order valence-corrected chi connectivity index (χ0v) is 7.54. The van der Waals surface area contributed by atoms with E-state index in [4.69, 9.17) is 9.15 Å². The molecule has 3 nitrogen and oxygen atoms in total. The fraction of sp³-hybridized carbons (Fsp3) is 0.556. The Bertz CT molecular complexity index is 196. The van der Waals surface area contributed by atoms with Crippen molar-refractivity contribution in [1.82, 2.24) is 5.32 Å². The lowest BCUT2D eigenvalue weighted by Gasteiger charge is -2.10. The minimum absolute atomic E-state index is 0.361. The molecule has 1 unspecified atom stereocenters. The number of methoxy groups -OCH3 is 1. The molecule has 0 aromatic carbocycles. The van der Waals surface area contributed by atoms with Crippen LogP contribution < -0.4 is 5.32 Å². The molecule has 3 heteroatoms. The Morgan fingerprint density at radius 1 is 1.67 bits per heavy atom. The molecule has 0 fully saturated rings. The van der Waals surface area contributed by atoms with E-state index in [9.17, 15) is 0 Å². The van der Waals surface area contributed by atoms with E-state index in [2.05, 4.69) is 12.2 Å². The molecule has 0 saturated carbocycles. The number of rotatable bonds is 5. The summed E-state index contributed by atoms with van der Waals surface area (Å²) in [7, 11) is 1.70. The molecule has 0 saturated heterocycles. The van der Waals surface area contributed by atoms with Gasteiger partial charge in [0.05, 0.1) is 19.4 Å². The molecule has 0 radical (unpaired) electrons. The molecule has 0 aliphatic heterocycles. The summed E-state index contributed by atoms with van der Waals surface area (Å²) in [5, 5.41) is 3.27. The Morgan fingerprint density at radius 2 is 2.50 bits per heavy atom. The second-order valence-electron chi connectivity index (χ2n) is 2.82. The normalized spacial score (nSPS) is 13.2.